The molecule has 4 atom stereocenters. The number of thiazole rings is 1. The van der Waals surface area contributed by atoms with E-state index in [4.69, 9.17) is 16.3 Å². The third kappa shape index (κ3) is 10.2. The molecule has 4 amide bonds. The van der Waals surface area contributed by atoms with E-state index in [0.717, 1.165) is 66.6 Å². The van der Waals surface area contributed by atoms with Gasteiger partial charge in [0.05, 0.1) is 27.9 Å². The molecule has 50 heavy (non-hydrogen) atoms. The summed E-state index contributed by atoms with van der Waals surface area (Å²) in [6, 6.07) is 10.3. The van der Waals surface area contributed by atoms with E-state index in [1.165, 1.54) is 11.3 Å². The minimum absolute atomic E-state index is 0.0918. The van der Waals surface area contributed by atoms with Crippen molar-refractivity contribution in [1.29, 1.82) is 0 Å². The van der Waals surface area contributed by atoms with Crippen molar-refractivity contribution < 1.29 is 23.9 Å². The van der Waals surface area contributed by atoms with Gasteiger partial charge in [-0.2, -0.15) is 0 Å². The minimum atomic E-state index is -0.936. The Morgan fingerprint density at radius 2 is 1.74 bits per heavy atom. The highest BCUT2D eigenvalue weighted by atomic mass is 35.5. The molecule has 2 aliphatic rings. The first-order valence-electron chi connectivity index (χ1n) is 17.7. The molecule has 1 aliphatic heterocycles. The first-order valence-corrected chi connectivity index (χ1v) is 18.9. The van der Waals surface area contributed by atoms with Crippen LogP contribution in [0.4, 0.5) is 0 Å². The number of hydrogen-bond donors (Lipinski definition) is 4. The fourth-order valence-corrected chi connectivity index (χ4v) is 8.02. The fraction of sp³-hybridized carbons (Fsp3) is 0.541. The molecule has 5 rings (SSSR count). The van der Waals surface area contributed by atoms with E-state index in [9.17, 15) is 19.2 Å². The number of hydrogen-bond acceptors (Lipinski definition) is 8. The number of nitrogens with zero attached hydrogens (tertiary/aromatic N) is 2. The zero-order valence-electron chi connectivity index (χ0n) is 29.1. The maximum Gasteiger partial charge on any atom is 0.243 e. The van der Waals surface area contributed by atoms with Gasteiger partial charge in [0.2, 0.25) is 23.6 Å². The fourth-order valence-electron chi connectivity index (χ4n) is 6.73. The monoisotopic (exact) mass is 724 g/mol. The van der Waals surface area contributed by atoms with Gasteiger partial charge in [0, 0.05) is 29.8 Å². The van der Waals surface area contributed by atoms with Gasteiger partial charge < -0.3 is 30.9 Å². The highest BCUT2D eigenvalue weighted by molar-refractivity contribution is 7.18. The summed E-state index contributed by atoms with van der Waals surface area (Å²) in [6.07, 6.45) is 6.51. The number of amides is 4. The average Bonchev–Trinajstić information content (AvgIpc) is 3.78. The largest absolute Gasteiger partial charge is 0.493 e. The van der Waals surface area contributed by atoms with Gasteiger partial charge in [-0.25, -0.2) is 4.98 Å². The Morgan fingerprint density at radius 1 is 0.960 bits per heavy atom. The molecule has 1 fully saturated rings. The molecule has 2 aromatic carbocycles. The Morgan fingerprint density at radius 3 is 2.50 bits per heavy atom. The molecule has 0 unspecified atom stereocenters. The van der Waals surface area contributed by atoms with E-state index in [0.29, 0.717) is 29.5 Å². The SMILES string of the molecule is CCC(=O)N[C@@H](Cc1nc2ccc(Cl)cc2s1)C(=O)N[C@H](C(=O)N[C@@H](CCCCN(C)C)C(=O)N[C@@H]1CCOc2ccccc21)C1CCCC1. The number of rotatable bonds is 16. The first-order chi connectivity index (χ1) is 24.1. The Balaban J connectivity index is 1.33. The molecule has 3 aromatic rings. The van der Waals surface area contributed by atoms with Crippen LogP contribution < -0.4 is 26.0 Å². The summed E-state index contributed by atoms with van der Waals surface area (Å²) < 4.78 is 6.68. The topological polar surface area (TPSA) is 142 Å². The Bertz CT molecular complexity index is 1640. The lowest BCUT2D eigenvalue weighted by atomic mass is 9.95. The Hall–Kier alpha value is -3.74. The number of carbonyl (C=O) groups excluding carboxylic acids is 4. The highest BCUT2D eigenvalue weighted by Gasteiger charge is 2.36. The van der Waals surface area contributed by atoms with Crippen LogP contribution in [0.3, 0.4) is 0 Å². The van der Waals surface area contributed by atoms with Crippen molar-refractivity contribution in [3.05, 3.63) is 58.1 Å². The number of ether oxygens (including phenoxy) is 1. The van der Waals surface area contributed by atoms with Gasteiger partial charge in [0.15, 0.2) is 0 Å². The number of halogens is 1. The van der Waals surface area contributed by atoms with Crippen molar-refractivity contribution in [2.24, 2.45) is 5.92 Å². The average molecular weight is 725 g/mol. The Kier molecular flexibility index (Phi) is 13.5. The van der Waals surface area contributed by atoms with E-state index in [-0.39, 0.29) is 42.5 Å². The van der Waals surface area contributed by atoms with Gasteiger partial charge in [-0.3, -0.25) is 19.2 Å². The molecule has 0 spiro atoms. The van der Waals surface area contributed by atoms with Crippen molar-refractivity contribution in [1.82, 2.24) is 31.2 Å². The predicted molar refractivity (Wildman–Crippen MR) is 196 cm³/mol. The second-order valence-electron chi connectivity index (χ2n) is 13.5. The number of aromatic nitrogens is 1. The summed E-state index contributed by atoms with van der Waals surface area (Å²) in [5.74, 6) is -0.724. The second kappa shape index (κ2) is 18.0. The lowest BCUT2D eigenvalue weighted by Crippen LogP contribution is -2.59. The summed E-state index contributed by atoms with van der Waals surface area (Å²) in [5, 5.41) is 13.3. The van der Waals surface area contributed by atoms with Crippen molar-refractivity contribution in [2.45, 2.75) is 95.3 Å². The molecular formula is C37H49ClN6O5S. The van der Waals surface area contributed by atoms with Gasteiger partial charge in [0.25, 0.3) is 0 Å². The van der Waals surface area contributed by atoms with Crippen molar-refractivity contribution in [3.63, 3.8) is 0 Å². The number of benzene rings is 2. The maximum atomic E-state index is 14.2. The quantitative estimate of drug-likeness (QED) is 0.154. The standard InChI is InChI=1S/C37H49ClN6O5S/c1-4-32(45)39-29(22-33-40-27-17-16-24(38)21-31(27)50-33)36(47)43-34(23-11-5-6-12-23)37(48)42-28(14-9-10-19-44(2)3)35(46)41-26-18-20-49-30-15-8-7-13-25(26)30/h7-8,13,15-17,21,23,26,28-29,34H,4-6,9-12,14,18-20,22H2,1-3H3,(H,39,45)(H,41,46)(H,42,48)(H,43,47)/t26-,28+,29+,34+/m1/s1. The molecule has 0 bridgehead atoms. The van der Waals surface area contributed by atoms with Crippen LogP contribution in [0.15, 0.2) is 42.5 Å². The zero-order chi connectivity index (χ0) is 35.6. The molecule has 1 aromatic heterocycles. The van der Waals surface area contributed by atoms with E-state index in [2.05, 4.69) is 31.2 Å². The molecule has 13 heteroatoms. The molecule has 2 heterocycles. The summed E-state index contributed by atoms with van der Waals surface area (Å²) in [7, 11) is 4.01. The molecule has 11 nitrogen and oxygen atoms in total. The minimum Gasteiger partial charge on any atom is -0.493 e. The highest BCUT2D eigenvalue weighted by Crippen LogP contribution is 2.32. The number of fused-ring (bicyclic) bond motifs is 2. The summed E-state index contributed by atoms with van der Waals surface area (Å²) in [5.41, 5.74) is 1.68. The van der Waals surface area contributed by atoms with Crippen molar-refractivity contribution >= 4 is 56.8 Å². The summed E-state index contributed by atoms with van der Waals surface area (Å²) >= 11 is 7.59. The second-order valence-corrected chi connectivity index (χ2v) is 15.1. The van der Waals surface area contributed by atoms with Gasteiger partial charge in [-0.05, 0) is 82.9 Å². The Labute approximate surface area is 303 Å². The van der Waals surface area contributed by atoms with Gasteiger partial charge in [-0.15, -0.1) is 11.3 Å². The van der Waals surface area contributed by atoms with E-state index in [1.54, 1.807) is 13.0 Å². The van der Waals surface area contributed by atoms with E-state index in [1.807, 2.05) is 50.5 Å². The third-order valence-electron chi connectivity index (χ3n) is 9.45. The number of carbonyl (C=O) groups is 4. The lowest BCUT2D eigenvalue weighted by Gasteiger charge is -2.30. The van der Waals surface area contributed by atoms with Crippen LogP contribution in [0.1, 0.15) is 81.3 Å². The number of nitrogens with one attached hydrogen (secondary N) is 4. The number of para-hydroxylation sites is 1. The van der Waals surface area contributed by atoms with Crippen LogP contribution in [0.5, 0.6) is 5.75 Å². The molecule has 0 saturated heterocycles. The molecule has 270 valence electrons. The van der Waals surface area contributed by atoms with Crippen LogP contribution in [0.25, 0.3) is 10.2 Å². The predicted octanol–water partition coefficient (Wildman–Crippen LogP) is 4.92. The summed E-state index contributed by atoms with van der Waals surface area (Å²) in [6.45, 7) is 3.07. The normalized spacial score (nSPS) is 17.7. The van der Waals surface area contributed by atoms with Gasteiger partial charge in [0.1, 0.15) is 23.9 Å². The molecular weight excluding hydrogens is 676 g/mol. The lowest BCUT2D eigenvalue weighted by molar-refractivity contribution is -0.135. The maximum absolute atomic E-state index is 14.2. The van der Waals surface area contributed by atoms with Crippen LogP contribution in [0.2, 0.25) is 5.02 Å². The first kappa shape index (κ1) is 37.5. The molecule has 1 saturated carbocycles. The van der Waals surface area contributed by atoms with Gasteiger partial charge in [-0.1, -0.05) is 49.6 Å². The zero-order valence-corrected chi connectivity index (χ0v) is 30.7. The van der Waals surface area contributed by atoms with Gasteiger partial charge >= 0.3 is 0 Å². The number of unbranched alkanes of at least 4 members (excludes halogenated alkanes) is 1. The molecule has 4 N–H and O–H groups in total. The third-order valence-corrected chi connectivity index (χ3v) is 10.7. The van der Waals surface area contributed by atoms with Crippen LogP contribution in [-0.2, 0) is 25.6 Å². The van der Waals surface area contributed by atoms with Crippen LogP contribution in [-0.4, -0.2) is 78.9 Å². The van der Waals surface area contributed by atoms with Crippen LogP contribution in [0, 0.1) is 5.92 Å². The van der Waals surface area contributed by atoms with Crippen molar-refractivity contribution in [2.75, 3.05) is 27.2 Å². The van der Waals surface area contributed by atoms with E-state index >= 15 is 0 Å². The smallest absolute Gasteiger partial charge is 0.243 e. The summed E-state index contributed by atoms with van der Waals surface area (Å²) in [4.78, 5) is 61.4. The van der Waals surface area contributed by atoms with Crippen LogP contribution >= 0.6 is 22.9 Å². The molecule has 1 aliphatic carbocycles. The molecule has 0 radical (unpaired) electrons. The van der Waals surface area contributed by atoms with Crippen molar-refractivity contribution in [3.8, 4) is 5.75 Å². The van der Waals surface area contributed by atoms with E-state index < -0.39 is 24.0 Å².